The van der Waals surface area contributed by atoms with Crippen LogP contribution >= 0.6 is 0 Å². The number of aliphatic imine (C=N–C) groups is 1. The number of rotatable bonds is 2. The highest BCUT2D eigenvalue weighted by Crippen LogP contribution is 2.05. The Morgan fingerprint density at radius 2 is 2.12 bits per heavy atom. The quantitative estimate of drug-likeness (QED) is 0.305. The maximum absolute atomic E-state index is 11.5. The van der Waals surface area contributed by atoms with Crippen molar-refractivity contribution in [3.63, 3.8) is 0 Å². The maximum atomic E-state index is 11.5. The third-order valence-corrected chi connectivity index (χ3v) is 4.31. The lowest BCUT2D eigenvalue weighted by Gasteiger charge is -2.23. The van der Waals surface area contributed by atoms with Crippen LogP contribution < -0.4 is 11.3 Å². The first kappa shape index (κ1) is 14.2. The Labute approximate surface area is 103 Å². The number of nitrogens with one attached hydrogen (secondary N) is 1. The second kappa shape index (κ2) is 6.20. The normalized spacial score (nSPS) is 21.4. The van der Waals surface area contributed by atoms with Gasteiger partial charge in [0.2, 0.25) is 5.96 Å². The highest BCUT2D eigenvalue weighted by Gasteiger charge is 2.20. The lowest BCUT2D eigenvalue weighted by atomic mass is 10.2. The smallest absolute Gasteiger partial charge is 0.208 e. The topological polar surface area (TPSA) is 87.8 Å². The molecule has 6 nitrogen and oxygen atoms in total. The van der Waals surface area contributed by atoms with E-state index in [0.717, 1.165) is 0 Å². The Balaban J connectivity index is 2.66. The van der Waals surface area contributed by atoms with Gasteiger partial charge in [0.25, 0.3) is 0 Å². The third-order valence-electron chi connectivity index (χ3n) is 2.59. The van der Waals surface area contributed by atoms with E-state index in [-0.39, 0.29) is 11.5 Å². The molecular weight excluding hydrogens is 240 g/mol. The predicted molar refractivity (Wildman–Crippen MR) is 69.3 cm³/mol. The van der Waals surface area contributed by atoms with Crippen molar-refractivity contribution in [2.45, 2.75) is 20.3 Å². The van der Waals surface area contributed by atoms with Crippen LogP contribution in [-0.4, -0.2) is 50.4 Å². The summed E-state index contributed by atoms with van der Waals surface area (Å²) >= 11 is 0. The van der Waals surface area contributed by atoms with E-state index in [4.69, 9.17) is 5.84 Å². The molecule has 0 unspecified atom stereocenters. The van der Waals surface area contributed by atoms with Crippen LogP contribution in [0.2, 0.25) is 0 Å². The fraction of sp³-hybridized carbons (Fsp3) is 0.900. The van der Waals surface area contributed by atoms with Crippen LogP contribution in [0.5, 0.6) is 0 Å². The van der Waals surface area contributed by atoms with Gasteiger partial charge in [-0.1, -0.05) is 13.8 Å². The van der Waals surface area contributed by atoms with Crippen molar-refractivity contribution in [2.24, 2.45) is 16.8 Å². The second-order valence-corrected chi connectivity index (χ2v) is 7.00. The summed E-state index contributed by atoms with van der Waals surface area (Å²) in [4.78, 5) is 6.28. The summed E-state index contributed by atoms with van der Waals surface area (Å²) in [7, 11) is -2.89. The summed E-state index contributed by atoms with van der Waals surface area (Å²) in [5.74, 6) is 6.91. The van der Waals surface area contributed by atoms with Gasteiger partial charge in [0.05, 0.1) is 11.5 Å². The summed E-state index contributed by atoms with van der Waals surface area (Å²) in [6, 6.07) is 0. The molecule has 0 saturated carbocycles. The first-order valence-electron chi connectivity index (χ1n) is 5.91. The van der Waals surface area contributed by atoms with Crippen LogP contribution in [0.25, 0.3) is 0 Å². The summed E-state index contributed by atoms with van der Waals surface area (Å²) in [5, 5.41) is 0. The van der Waals surface area contributed by atoms with E-state index < -0.39 is 9.84 Å². The van der Waals surface area contributed by atoms with E-state index in [1.165, 1.54) is 0 Å². The molecule has 3 N–H and O–H groups in total. The lowest BCUT2D eigenvalue weighted by molar-refractivity contribution is 0.429. The molecule has 0 amide bonds. The fourth-order valence-corrected chi connectivity index (χ4v) is 2.93. The predicted octanol–water partition coefficient (Wildman–Crippen LogP) is -0.418. The zero-order chi connectivity index (χ0) is 12.9. The van der Waals surface area contributed by atoms with Gasteiger partial charge >= 0.3 is 0 Å². The molecule has 1 heterocycles. The molecule has 0 aromatic heterocycles. The van der Waals surface area contributed by atoms with Crippen molar-refractivity contribution >= 4 is 15.8 Å². The molecule has 0 aliphatic carbocycles. The van der Waals surface area contributed by atoms with Gasteiger partial charge in [-0.2, -0.15) is 0 Å². The van der Waals surface area contributed by atoms with E-state index in [0.29, 0.717) is 37.9 Å². The number of hydrogen-bond donors (Lipinski definition) is 2. The fourth-order valence-electron chi connectivity index (χ4n) is 1.66. The molecule has 0 spiro atoms. The van der Waals surface area contributed by atoms with Crippen LogP contribution in [0.1, 0.15) is 20.3 Å². The molecule has 0 atom stereocenters. The average molecular weight is 262 g/mol. The number of nitrogens with zero attached hydrogens (tertiary/aromatic N) is 2. The van der Waals surface area contributed by atoms with Gasteiger partial charge in [0.1, 0.15) is 0 Å². The second-order valence-electron chi connectivity index (χ2n) is 4.69. The van der Waals surface area contributed by atoms with Gasteiger partial charge in [-0.25, -0.2) is 14.3 Å². The largest absolute Gasteiger partial charge is 0.341 e. The molecule has 1 aliphatic heterocycles. The van der Waals surface area contributed by atoms with E-state index in [9.17, 15) is 8.42 Å². The van der Waals surface area contributed by atoms with Crippen LogP contribution in [0.15, 0.2) is 4.99 Å². The Kier molecular flexibility index (Phi) is 5.20. The number of hydrazine groups is 1. The Morgan fingerprint density at radius 1 is 1.41 bits per heavy atom. The van der Waals surface area contributed by atoms with E-state index in [1.54, 1.807) is 0 Å². The SMILES string of the molecule is CC(C)CN=C(NN)N1CCCS(=O)(=O)CC1. The van der Waals surface area contributed by atoms with Crippen LogP contribution in [-0.2, 0) is 9.84 Å². The zero-order valence-electron chi connectivity index (χ0n) is 10.5. The van der Waals surface area contributed by atoms with Crippen LogP contribution in [0, 0.1) is 5.92 Å². The van der Waals surface area contributed by atoms with Gasteiger partial charge in [0.15, 0.2) is 9.84 Å². The molecule has 0 aromatic carbocycles. The molecule has 1 fully saturated rings. The molecule has 1 rings (SSSR count). The van der Waals surface area contributed by atoms with Crippen molar-refractivity contribution in [3.05, 3.63) is 0 Å². The average Bonchev–Trinajstić information content (AvgIpc) is 2.41. The van der Waals surface area contributed by atoms with E-state index in [2.05, 4.69) is 24.3 Å². The third kappa shape index (κ3) is 4.91. The number of guanidine groups is 1. The Morgan fingerprint density at radius 3 is 2.71 bits per heavy atom. The summed E-state index contributed by atoms with van der Waals surface area (Å²) in [6.07, 6.45) is 0.630. The van der Waals surface area contributed by atoms with Gasteiger partial charge < -0.3 is 4.90 Å². The number of hydrogen-bond acceptors (Lipinski definition) is 4. The van der Waals surface area contributed by atoms with Crippen molar-refractivity contribution in [1.29, 1.82) is 0 Å². The maximum Gasteiger partial charge on any atom is 0.208 e. The van der Waals surface area contributed by atoms with Gasteiger partial charge in [-0.15, -0.1) is 0 Å². The van der Waals surface area contributed by atoms with Gasteiger partial charge in [0, 0.05) is 19.6 Å². The molecule has 1 aliphatic rings. The van der Waals surface area contributed by atoms with Crippen LogP contribution in [0.3, 0.4) is 0 Å². The molecule has 17 heavy (non-hydrogen) atoms. The van der Waals surface area contributed by atoms with E-state index >= 15 is 0 Å². The Hall–Kier alpha value is -0.820. The van der Waals surface area contributed by atoms with E-state index in [1.807, 2.05) is 4.90 Å². The molecule has 1 saturated heterocycles. The minimum atomic E-state index is -2.89. The van der Waals surface area contributed by atoms with Crippen LogP contribution in [0.4, 0.5) is 0 Å². The van der Waals surface area contributed by atoms with Gasteiger partial charge in [-0.05, 0) is 12.3 Å². The molecule has 0 aromatic rings. The standard InChI is InChI=1S/C10H22N4O2S/c1-9(2)8-12-10(13-11)14-4-3-6-17(15,16)7-5-14/h9H,3-8,11H2,1-2H3,(H,12,13). The lowest BCUT2D eigenvalue weighted by Crippen LogP contribution is -2.46. The monoisotopic (exact) mass is 262 g/mol. The summed E-state index contributed by atoms with van der Waals surface area (Å²) in [5.41, 5.74) is 2.56. The number of sulfone groups is 1. The molecular formula is C10H22N4O2S. The number of nitrogens with two attached hydrogens (primary N) is 1. The van der Waals surface area contributed by atoms with Crippen molar-refractivity contribution in [1.82, 2.24) is 10.3 Å². The molecule has 100 valence electrons. The minimum absolute atomic E-state index is 0.176. The highest BCUT2D eigenvalue weighted by molar-refractivity contribution is 7.91. The van der Waals surface area contributed by atoms with Crippen molar-refractivity contribution < 1.29 is 8.42 Å². The van der Waals surface area contributed by atoms with Crippen molar-refractivity contribution in [3.8, 4) is 0 Å². The first-order chi connectivity index (χ1) is 7.94. The Bertz CT molecular complexity index is 365. The highest BCUT2D eigenvalue weighted by atomic mass is 32.2. The van der Waals surface area contributed by atoms with Gasteiger partial charge in [-0.3, -0.25) is 10.4 Å². The summed E-state index contributed by atoms with van der Waals surface area (Å²) < 4.78 is 22.9. The summed E-state index contributed by atoms with van der Waals surface area (Å²) in [6.45, 7) is 5.97. The van der Waals surface area contributed by atoms with Crippen molar-refractivity contribution in [2.75, 3.05) is 31.1 Å². The molecule has 0 bridgehead atoms. The molecule has 0 radical (unpaired) electrons. The molecule has 7 heteroatoms. The first-order valence-corrected chi connectivity index (χ1v) is 7.73. The zero-order valence-corrected chi connectivity index (χ0v) is 11.3. The minimum Gasteiger partial charge on any atom is -0.341 e.